The molecule has 0 radical (unpaired) electrons. The predicted octanol–water partition coefficient (Wildman–Crippen LogP) is 3.67. The van der Waals surface area contributed by atoms with E-state index in [0.717, 1.165) is 34.6 Å². The van der Waals surface area contributed by atoms with E-state index >= 15 is 0 Å². The zero-order valence-corrected chi connectivity index (χ0v) is 9.17. The minimum absolute atomic E-state index is 0.979. The lowest BCUT2D eigenvalue weighted by molar-refractivity contribution is 1.06. The maximum absolute atomic E-state index is 3.91. The summed E-state index contributed by atoms with van der Waals surface area (Å²) in [5, 5.41) is 1.96. The van der Waals surface area contributed by atoms with Gasteiger partial charge in [0, 0.05) is 10.7 Å². The van der Waals surface area contributed by atoms with Crippen molar-refractivity contribution in [1.82, 2.24) is 0 Å². The lowest BCUT2D eigenvalue weighted by Gasteiger charge is -2.04. The number of rotatable bonds is 5. The second kappa shape index (κ2) is 6.17. The van der Waals surface area contributed by atoms with Gasteiger partial charge in [-0.05, 0) is 12.8 Å². The second-order valence-corrected chi connectivity index (χ2v) is 3.67. The molecule has 0 spiro atoms. The Kier molecular flexibility index (Phi) is 6.44. The van der Waals surface area contributed by atoms with E-state index in [2.05, 4.69) is 45.0 Å². The summed E-state index contributed by atoms with van der Waals surface area (Å²) in [5.74, 6) is 0. The van der Waals surface area contributed by atoms with E-state index in [9.17, 15) is 0 Å². The molecule has 0 fully saturated rings. The summed E-state index contributed by atoms with van der Waals surface area (Å²) in [7, 11) is 0. The van der Waals surface area contributed by atoms with Crippen LogP contribution in [0.5, 0.6) is 0 Å². The van der Waals surface area contributed by atoms with E-state index in [4.69, 9.17) is 0 Å². The zero-order chi connectivity index (χ0) is 7.98. The molecule has 58 valence electrons. The quantitative estimate of drug-likeness (QED) is 0.527. The summed E-state index contributed by atoms with van der Waals surface area (Å²) < 4.78 is 0. The van der Waals surface area contributed by atoms with Gasteiger partial charge >= 0.3 is 0 Å². The molecule has 0 aliphatic carbocycles. The zero-order valence-electron chi connectivity index (χ0n) is 6.00. The van der Waals surface area contributed by atoms with E-state index in [1.54, 1.807) is 0 Å². The Morgan fingerprint density at radius 3 is 1.40 bits per heavy atom. The van der Waals surface area contributed by atoms with Crippen LogP contribution in [0.1, 0.15) is 12.8 Å². The second-order valence-electron chi connectivity index (χ2n) is 2.09. The molecule has 0 unspecified atom stereocenters. The number of halogens is 2. The number of hydrogen-bond donors (Lipinski definition) is 0. The fourth-order valence-electron chi connectivity index (χ4n) is 0.582. The summed E-state index contributed by atoms with van der Waals surface area (Å²) in [6.45, 7) is 7.83. The van der Waals surface area contributed by atoms with E-state index < -0.39 is 0 Å². The molecule has 0 amide bonds. The maximum atomic E-state index is 3.91. The van der Waals surface area contributed by atoms with E-state index in [-0.39, 0.29) is 0 Å². The van der Waals surface area contributed by atoms with Crippen LogP contribution in [0.15, 0.2) is 24.3 Å². The molecule has 10 heavy (non-hydrogen) atoms. The van der Waals surface area contributed by atoms with Gasteiger partial charge in [0.05, 0.1) is 0 Å². The average molecular weight is 268 g/mol. The molecular formula is C8H12Br2. The topological polar surface area (TPSA) is 0 Å². The van der Waals surface area contributed by atoms with E-state index in [1.165, 1.54) is 0 Å². The van der Waals surface area contributed by atoms with Gasteiger partial charge in [0.25, 0.3) is 0 Å². The summed E-state index contributed by atoms with van der Waals surface area (Å²) >= 11 is 6.71. The van der Waals surface area contributed by atoms with Gasteiger partial charge in [-0.15, -0.1) is 0 Å². The number of alkyl halides is 2. The van der Waals surface area contributed by atoms with Crippen molar-refractivity contribution >= 4 is 31.9 Å². The summed E-state index contributed by atoms with van der Waals surface area (Å²) in [6, 6.07) is 0. The molecule has 0 aromatic heterocycles. The Hall–Kier alpha value is 0.440. The minimum Gasteiger partial charge on any atom is -0.0955 e. The van der Waals surface area contributed by atoms with Gasteiger partial charge in [-0.3, -0.25) is 0 Å². The molecule has 0 aromatic rings. The normalized spacial score (nSPS) is 9.40. The van der Waals surface area contributed by atoms with Gasteiger partial charge in [-0.2, -0.15) is 0 Å². The largest absolute Gasteiger partial charge is 0.0955 e. The van der Waals surface area contributed by atoms with E-state index in [1.807, 2.05) is 0 Å². The third-order valence-corrected chi connectivity index (χ3v) is 2.09. The van der Waals surface area contributed by atoms with Crippen LogP contribution < -0.4 is 0 Å². The monoisotopic (exact) mass is 266 g/mol. The molecule has 0 heterocycles. The van der Waals surface area contributed by atoms with Crippen LogP contribution in [0.3, 0.4) is 0 Å². The standard InChI is InChI=1S/C8H12Br2/c1-7(3-5-9)8(2)4-6-10/h1-6H2. The van der Waals surface area contributed by atoms with Crippen molar-refractivity contribution in [2.75, 3.05) is 10.7 Å². The molecule has 0 saturated heterocycles. The number of allylic oxidation sites excluding steroid dienone is 2. The van der Waals surface area contributed by atoms with Crippen molar-refractivity contribution in [1.29, 1.82) is 0 Å². The summed E-state index contributed by atoms with van der Waals surface area (Å²) in [5.41, 5.74) is 2.33. The highest BCUT2D eigenvalue weighted by atomic mass is 79.9. The Morgan fingerprint density at radius 2 is 1.20 bits per heavy atom. The van der Waals surface area contributed by atoms with Crippen LogP contribution in [0.2, 0.25) is 0 Å². The summed E-state index contributed by atoms with van der Waals surface area (Å²) in [6.07, 6.45) is 2.01. The Bertz CT molecular complexity index is 111. The highest BCUT2D eigenvalue weighted by Crippen LogP contribution is 2.15. The van der Waals surface area contributed by atoms with Crippen molar-refractivity contribution in [3.8, 4) is 0 Å². The van der Waals surface area contributed by atoms with Crippen molar-refractivity contribution in [2.45, 2.75) is 12.8 Å². The first-order valence-corrected chi connectivity index (χ1v) is 5.44. The van der Waals surface area contributed by atoms with Crippen molar-refractivity contribution in [2.24, 2.45) is 0 Å². The third-order valence-electron chi connectivity index (χ3n) is 1.29. The highest BCUT2D eigenvalue weighted by molar-refractivity contribution is 9.09. The molecule has 0 atom stereocenters. The molecule has 0 saturated carbocycles. The molecule has 0 bridgehead atoms. The lowest BCUT2D eigenvalue weighted by Crippen LogP contribution is -1.88. The van der Waals surface area contributed by atoms with Crippen LogP contribution in [-0.2, 0) is 0 Å². The van der Waals surface area contributed by atoms with E-state index in [0.29, 0.717) is 0 Å². The summed E-state index contributed by atoms with van der Waals surface area (Å²) in [4.78, 5) is 0. The van der Waals surface area contributed by atoms with Gasteiger partial charge in [-0.1, -0.05) is 56.2 Å². The van der Waals surface area contributed by atoms with Crippen LogP contribution >= 0.6 is 31.9 Å². The smallest absolute Gasteiger partial charge is 0.00716 e. The molecule has 0 aromatic carbocycles. The fourth-order valence-corrected chi connectivity index (χ4v) is 1.54. The van der Waals surface area contributed by atoms with Crippen molar-refractivity contribution in [3.63, 3.8) is 0 Å². The average Bonchev–Trinajstić information content (AvgIpc) is 1.89. The molecule has 0 rings (SSSR count). The first-order chi connectivity index (χ1) is 4.72. The molecule has 0 nitrogen and oxygen atoms in total. The van der Waals surface area contributed by atoms with Crippen molar-refractivity contribution in [3.05, 3.63) is 24.3 Å². The SMILES string of the molecule is C=C(CCBr)C(=C)CCBr. The minimum atomic E-state index is 0.979. The predicted molar refractivity (Wildman–Crippen MR) is 55.1 cm³/mol. The van der Waals surface area contributed by atoms with Crippen LogP contribution in [0, 0.1) is 0 Å². The van der Waals surface area contributed by atoms with Crippen LogP contribution in [0.25, 0.3) is 0 Å². The van der Waals surface area contributed by atoms with Gasteiger partial charge in [0.15, 0.2) is 0 Å². The molecule has 0 aliphatic heterocycles. The fraction of sp³-hybridized carbons (Fsp3) is 0.500. The maximum Gasteiger partial charge on any atom is 0.00716 e. The molecule has 0 N–H and O–H groups in total. The van der Waals surface area contributed by atoms with Crippen LogP contribution in [0.4, 0.5) is 0 Å². The molecule has 0 aliphatic rings. The van der Waals surface area contributed by atoms with Gasteiger partial charge < -0.3 is 0 Å². The van der Waals surface area contributed by atoms with Crippen molar-refractivity contribution < 1.29 is 0 Å². The van der Waals surface area contributed by atoms with Crippen LogP contribution in [-0.4, -0.2) is 10.7 Å². The molecule has 2 heteroatoms. The van der Waals surface area contributed by atoms with Gasteiger partial charge in [-0.25, -0.2) is 0 Å². The highest BCUT2D eigenvalue weighted by Gasteiger charge is 1.97. The lowest BCUT2D eigenvalue weighted by atomic mass is 10.1. The van der Waals surface area contributed by atoms with Gasteiger partial charge in [0.2, 0.25) is 0 Å². The van der Waals surface area contributed by atoms with Gasteiger partial charge in [0.1, 0.15) is 0 Å². The third kappa shape index (κ3) is 4.29. The molecular weight excluding hydrogens is 256 g/mol. The Balaban J connectivity index is 3.60. The first-order valence-electron chi connectivity index (χ1n) is 3.20. The Labute approximate surface area is 79.6 Å². The number of hydrogen-bond acceptors (Lipinski definition) is 0. The Morgan fingerprint density at radius 1 is 0.900 bits per heavy atom. The first kappa shape index (κ1) is 10.4.